The van der Waals surface area contributed by atoms with Crippen molar-refractivity contribution in [2.24, 2.45) is 0 Å². The maximum Gasteiger partial charge on any atom is 0.204 e. The van der Waals surface area contributed by atoms with Gasteiger partial charge in [0, 0.05) is 5.56 Å². The van der Waals surface area contributed by atoms with Gasteiger partial charge in [0.1, 0.15) is 0 Å². The normalized spacial score (nSPS) is 10.9. The van der Waals surface area contributed by atoms with Crippen molar-refractivity contribution in [2.45, 2.75) is 6.92 Å². The van der Waals surface area contributed by atoms with Crippen LogP contribution in [0.5, 0.6) is 17.2 Å². The van der Waals surface area contributed by atoms with Gasteiger partial charge in [-0.1, -0.05) is 29.8 Å². The van der Waals surface area contributed by atoms with Crippen LogP contribution in [0.3, 0.4) is 0 Å². The Hall–Kier alpha value is -3.61. The number of hydrogen-bond acceptors (Lipinski definition) is 6. The van der Waals surface area contributed by atoms with Gasteiger partial charge in [0.2, 0.25) is 5.75 Å². The lowest BCUT2D eigenvalue weighted by molar-refractivity contribution is 0.325. The predicted octanol–water partition coefficient (Wildman–Crippen LogP) is 3.79. The highest BCUT2D eigenvalue weighted by Gasteiger charge is 2.21. The highest BCUT2D eigenvalue weighted by atomic mass is 16.5. The SMILES string of the molecule is COc1ccc(-c2nnc3ccc(-c4ccc(C)cc4)nn23)c(OC)c1OC. The summed E-state index contributed by atoms with van der Waals surface area (Å²) in [6, 6.07) is 15.7. The molecule has 0 radical (unpaired) electrons. The van der Waals surface area contributed by atoms with Crippen LogP contribution in [0.25, 0.3) is 28.3 Å². The van der Waals surface area contributed by atoms with E-state index in [2.05, 4.69) is 29.3 Å². The zero-order chi connectivity index (χ0) is 19.7. The van der Waals surface area contributed by atoms with Crippen LogP contribution >= 0.6 is 0 Å². The lowest BCUT2D eigenvalue weighted by Crippen LogP contribution is -2.01. The quantitative estimate of drug-likeness (QED) is 0.528. The third-order valence-corrected chi connectivity index (χ3v) is 4.56. The smallest absolute Gasteiger partial charge is 0.204 e. The van der Waals surface area contributed by atoms with Crippen LogP contribution in [0.15, 0.2) is 48.5 Å². The third kappa shape index (κ3) is 2.90. The van der Waals surface area contributed by atoms with Crippen molar-refractivity contribution in [3.8, 4) is 39.9 Å². The second-order valence-electron chi connectivity index (χ2n) is 6.26. The summed E-state index contributed by atoms with van der Waals surface area (Å²) in [5.41, 5.74) is 4.40. The minimum Gasteiger partial charge on any atom is -0.493 e. The second kappa shape index (κ2) is 7.19. The molecule has 0 atom stereocenters. The van der Waals surface area contributed by atoms with Crippen LogP contribution in [0.1, 0.15) is 5.56 Å². The second-order valence-corrected chi connectivity index (χ2v) is 6.26. The molecule has 0 saturated heterocycles. The summed E-state index contributed by atoms with van der Waals surface area (Å²) in [6.07, 6.45) is 0. The van der Waals surface area contributed by atoms with Gasteiger partial charge in [-0.2, -0.15) is 9.61 Å². The van der Waals surface area contributed by atoms with Gasteiger partial charge in [-0.25, -0.2) is 0 Å². The van der Waals surface area contributed by atoms with E-state index in [4.69, 9.17) is 19.3 Å². The van der Waals surface area contributed by atoms with E-state index in [0.29, 0.717) is 34.3 Å². The molecule has 0 fully saturated rings. The average Bonchev–Trinajstić information content (AvgIpc) is 3.16. The van der Waals surface area contributed by atoms with Gasteiger partial charge in [-0.15, -0.1) is 10.2 Å². The van der Waals surface area contributed by atoms with E-state index in [0.717, 1.165) is 11.3 Å². The molecule has 0 aliphatic rings. The molecule has 0 N–H and O–H groups in total. The van der Waals surface area contributed by atoms with Gasteiger partial charge in [-0.05, 0) is 31.2 Å². The number of benzene rings is 2. The summed E-state index contributed by atoms with van der Waals surface area (Å²) in [7, 11) is 4.73. The Morgan fingerprint density at radius 1 is 0.750 bits per heavy atom. The first-order valence-corrected chi connectivity index (χ1v) is 8.75. The van der Waals surface area contributed by atoms with E-state index in [1.165, 1.54) is 5.56 Å². The fraction of sp³-hybridized carbons (Fsp3) is 0.190. The van der Waals surface area contributed by atoms with Crippen molar-refractivity contribution in [3.63, 3.8) is 0 Å². The van der Waals surface area contributed by atoms with Crippen molar-refractivity contribution >= 4 is 5.65 Å². The maximum absolute atomic E-state index is 5.60. The van der Waals surface area contributed by atoms with Gasteiger partial charge < -0.3 is 14.2 Å². The Bertz CT molecular complexity index is 1140. The molecule has 2 aromatic carbocycles. The van der Waals surface area contributed by atoms with E-state index >= 15 is 0 Å². The molecule has 28 heavy (non-hydrogen) atoms. The van der Waals surface area contributed by atoms with Crippen molar-refractivity contribution in [2.75, 3.05) is 21.3 Å². The predicted molar refractivity (Wildman–Crippen MR) is 106 cm³/mol. The number of hydrogen-bond donors (Lipinski definition) is 0. The summed E-state index contributed by atoms with van der Waals surface area (Å²) in [5, 5.41) is 13.3. The minimum atomic E-state index is 0.494. The number of rotatable bonds is 5. The largest absolute Gasteiger partial charge is 0.493 e. The highest BCUT2D eigenvalue weighted by Crippen LogP contribution is 2.43. The fourth-order valence-corrected chi connectivity index (χ4v) is 3.11. The molecule has 7 heteroatoms. The molecule has 2 heterocycles. The summed E-state index contributed by atoms with van der Waals surface area (Å²) in [4.78, 5) is 0. The van der Waals surface area contributed by atoms with Crippen LogP contribution in [0.2, 0.25) is 0 Å². The fourth-order valence-electron chi connectivity index (χ4n) is 3.11. The zero-order valence-electron chi connectivity index (χ0n) is 16.1. The first-order chi connectivity index (χ1) is 13.7. The number of methoxy groups -OCH3 is 3. The molecule has 142 valence electrons. The lowest BCUT2D eigenvalue weighted by atomic mass is 10.1. The molecule has 0 amide bonds. The number of aromatic nitrogens is 4. The summed E-state index contributed by atoms with van der Waals surface area (Å²) in [6.45, 7) is 2.06. The van der Waals surface area contributed by atoms with Crippen molar-refractivity contribution in [1.82, 2.24) is 19.8 Å². The van der Waals surface area contributed by atoms with E-state index in [1.54, 1.807) is 25.8 Å². The summed E-state index contributed by atoms with van der Waals surface area (Å²) in [5.74, 6) is 2.14. The van der Waals surface area contributed by atoms with Crippen LogP contribution in [-0.2, 0) is 0 Å². The van der Waals surface area contributed by atoms with E-state index in [-0.39, 0.29) is 0 Å². The Morgan fingerprint density at radius 3 is 2.18 bits per heavy atom. The molecule has 0 saturated carbocycles. The number of fused-ring (bicyclic) bond motifs is 1. The molecular weight excluding hydrogens is 356 g/mol. The molecule has 7 nitrogen and oxygen atoms in total. The van der Waals surface area contributed by atoms with Gasteiger partial charge in [0.25, 0.3) is 0 Å². The van der Waals surface area contributed by atoms with Crippen molar-refractivity contribution in [1.29, 1.82) is 0 Å². The highest BCUT2D eigenvalue weighted by molar-refractivity contribution is 5.74. The van der Waals surface area contributed by atoms with Crippen LogP contribution in [0, 0.1) is 6.92 Å². The van der Waals surface area contributed by atoms with E-state index in [9.17, 15) is 0 Å². The first kappa shape index (κ1) is 17.8. The first-order valence-electron chi connectivity index (χ1n) is 8.75. The average molecular weight is 376 g/mol. The van der Waals surface area contributed by atoms with Crippen LogP contribution in [-0.4, -0.2) is 41.1 Å². The van der Waals surface area contributed by atoms with E-state index in [1.807, 2.05) is 36.4 Å². The third-order valence-electron chi connectivity index (χ3n) is 4.56. The summed E-state index contributed by atoms with van der Waals surface area (Å²) >= 11 is 0. The Labute approximate surface area is 162 Å². The minimum absolute atomic E-state index is 0.494. The standard InChI is InChI=1S/C21H20N4O3/c1-13-5-7-14(8-6-13)16-10-12-18-22-23-21(25(18)24-16)15-9-11-17(26-2)20(28-4)19(15)27-3/h5-12H,1-4H3. The topological polar surface area (TPSA) is 70.8 Å². The van der Waals surface area contributed by atoms with Crippen molar-refractivity contribution in [3.05, 3.63) is 54.1 Å². The number of aryl methyl sites for hydroxylation is 1. The molecule has 4 aromatic rings. The molecule has 0 aliphatic carbocycles. The maximum atomic E-state index is 5.60. The molecule has 0 bridgehead atoms. The molecule has 0 spiro atoms. The zero-order valence-corrected chi connectivity index (χ0v) is 16.1. The Morgan fingerprint density at radius 2 is 1.50 bits per heavy atom. The molecule has 0 unspecified atom stereocenters. The molecule has 4 rings (SSSR count). The summed E-state index contributed by atoms with van der Waals surface area (Å²) < 4.78 is 18.2. The van der Waals surface area contributed by atoms with Gasteiger partial charge >= 0.3 is 0 Å². The number of nitrogens with zero attached hydrogens (tertiary/aromatic N) is 4. The molecule has 2 aromatic heterocycles. The Kier molecular flexibility index (Phi) is 4.57. The molecule has 0 aliphatic heterocycles. The van der Waals surface area contributed by atoms with Gasteiger partial charge in [0.15, 0.2) is 23.0 Å². The monoisotopic (exact) mass is 376 g/mol. The molecular formula is C21H20N4O3. The van der Waals surface area contributed by atoms with E-state index < -0.39 is 0 Å². The van der Waals surface area contributed by atoms with Crippen LogP contribution in [0.4, 0.5) is 0 Å². The van der Waals surface area contributed by atoms with Crippen LogP contribution < -0.4 is 14.2 Å². The van der Waals surface area contributed by atoms with Crippen molar-refractivity contribution < 1.29 is 14.2 Å². The lowest BCUT2D eigenvalue weighted by Gasteiger charge is -2.14. The Balaban J connectivity index is 1.90. The number of ether oxygens (including phenoxy) is 3. The van der Waals surface area contributed by atoms with Gasteiger partial charge in [-0.3, -0.25) is 0 Å². The van der Waals surface area contributed by atoms with Gasteiger partial charge in [0.05, 0.1) is 32.6 Å².